The number of nitrogens with zero attached hydrogens (tertiary/aromatic N) is 2. The van der Waals surface area contributed by atoms with Gasteiger partial charge in [-0.2, -0.15) is 0 Å². The minimum atomic E-state index is 0.245. The van der Waals surface area contributed by atoms with Gasteiger partial charge in [-0.05, 0) is 37.0 Å². The summed E-state index contributed by atoms with van der Waals surface area (Å²) in [6.45, 7) is 1.67. The quantitative estimate of drug-likeness (QED) is 0.862. The highest BCUT2D eigenvalue weighted by Crippen LogP contribution is 2.20. The second-order valence-corrected chi connectivity index (χ2v) is 5.92. The number of hydrogen-bond acceptors (Lipinski definition) is 2. The molecule has 118 valence electrons. The first kappa shape index (κ1) is 15.5. The molecule has 0 radical (unpaired) electrons. The summed E-state index contributed by atoms with van der Waals surface area (Å²) in [5.41, 5.74) is 3.67. The number of carbonyl (C=O) groups is 1. The molecular formula is C20H22N2O. The first-order valence-corrected chi connectivity index (χ1v) is 8.23. The topological polar surface area (TPSA) is 33.2 Å². The molecule has 1 fully saturated rings. The van der Waals surface area contributed by atoms with Crippen molar-refractivity contribution >= 4 is 12.0 Å². The summed E-state index contributed by atoms with van der Waals surface area (Å²) < 4.78 is 0. The van der Waals surface area contributed by atoms with Crippen molar-refractivity contribution in [3.05, 3.63) is 71.6 Å². The highest BCUT2D eigenvalue weighted by atomic mass is 16.2. The summed E-state index contributed by atoms with van der Waals surface area (Å²) in [6.07, 6.45) is 7.27. The molecule has 1 saturated heterocycles. The number of aromatic nitrogens is 1. The largest absolute Gasteiger partial charge is 0.342 e. The van der Waals surface area contributed by atoms with Gasteiger partial charge in [0.05, 0.1) is 0 Å². The standard InChI is InChI=1S/C20H22N2O/c23-20(10-9-19-8-4-5-13-21-19)22-14-11-18(12-15-22)16-17-6-2-1-3-7-17/h1-8,13,16H,9-12,14-15H2. The van der Waals surface area contributed by atoms with Gasteiger partial charge in [0.25, 0.3) is 0 Å². The monoisotopic (exact) mass is 306 g/mol. The Labute approximate surface area is 137 Å². The van der Waals surface area contributed by atoms with E-state index in [-0.39, 0.29) is 5.91 Å². The Balaban J connectivity index is 1.48. The van der Waals surface area contributed by atoms with Crippen LogP contribution in [-0.2, 0) is 11.2 Å². The Morgan fingerprint density at radius 1 is 1.04 bits per heavy atom. The SMILES string of the molecule is O=C(CCc1ccccn1)N1CCC(=Cc2ccccc2)CC1. The highest BCUT2D eigenvalue weighted by molar-refractivity contribution is 5.76. The maximum Gasteiger partial charge on any atom is 0.222 e. The van der Waals surface area contributed by atoms with Crippen LogP contribution in [0.3, 0.4) is 0 Å². The van der Waals surface area contributed by atoms with Gasteiger partial charge < -0.3 is 4.90 Å². The molecule has 0 bridgehead atoms. The second-order valence-electron chi connectivity index (χ2n) is 5.92. The molecule has 1 amide bonds. The van der Waals surface area contributed by atoms with Crippen molar-refractivity contribution in [2.24, 2.45) is 0 Å². The molecule has 0 atom stereocenters. The number of aryl methyl sites for hydroxylation is 1. The van der Waals surface area contributed by atoms with Gasteiger partial charge in [-0.3, -0.25) is 9.78 Å². The van der Waals surface area contributed by atoms with Crippen LogP contribution in [0.15, 0.2) is 60.3 Å². The van der Waals surface area contributed by atoms with Crippen LogP contribution >= 0.6 is 0 Å². The Bertz CT molecular complexity index is 655. The van der Waals surface area contributed by atoms with Gasteiger partial charge in [0.2, 0.25) is 5.91 Å². The van der Waals surface area contributed by atoms with E-state index in [1.165, 1.54) is 11.1 Å². The molecule has 0 unspecified atom stereocenters. The Hall–Kier alpha value is -2.42. The zero-order valence-electron chi connectivity index (χ0n) is 13.3. The Morgan fingerprint density at radius 2 is 1.78 bits per heavy atom. The van der Waals surface area contributed by atoms with E-state index in [0.717, 1.165) is 38.0 Å². The van der Waals surface area contributed by atoms with Crippen molar-refractivity contribution in [3.8, 4) is 0 Å². The zero-order chi connectivity index (χ0) is 15.9. The molecule has 1 aromatic heterocycles. The van der Waals surface area contributed by atoms with Gasteiger partial charge in [0.15, 0.2) is 0 Å². The van der Waals surface area contributed by atoms with Gasteiger partial charge in [-0.25, -0.2) is 0 Å². The van der Waals surface area contributed by atoms with Crippen molar-refractivity contribution in [2.75, 3.05) is 13.1 Å². The second kappa shape index (κ2) is 7.73. The van der Waals surface area contributed by atoms with Gasteiger partial charge in [0.1, 0.15) is 0 Å². The molecule has 1 aliphatic heterocycles. The van der Waals surface area contributed by atoms with Gasteiger partial charge >= 0.3 is 0 Å². The molecule has 1 aliphatic rings. The smallest absolute Gasteiger partial charge is 0.222 e. The summed E-state index contributed by atoms with van der Waals surface area (Å²) in [4.78, 5) is 18.6. The molecule has 2 aromatic rings. The van der Waals surface area contributed by atoms with Crippen LogP contribution in [0.2, 0.25) is 0 Å². The highest BCUT2D eigenvalue weighted by Gasteiger charge is 2.18. The van der Waals surface area contributed by atoms with Crippen LogP contribution in [0.5, 0.6) is 0 Å². The van der Waals surface area contributed by atoms with E-state index in [4.69, 9.17) is 0 Å². The molecule has 23 heavy (non-hydrogen) atoms. The lowest BCUT2D eigenvalue weighted by Crippen LogP contribution is -2.36. The van der Waals surface area contributed by atoms with Gasteiger partial charge in [-0.15, -0.1) is 0 Å². The van der Waals surface area contributed by atoms with E-state index in [1.807, 2.05) is 29.2 Å². The van der Waals surface area contributed by atoms with E-state index in [0.29, 0.717) is 6.42 Å². The lowest BCUT2D eigenvalue weighted by molar-refractivity contribution is -0.131. The molecule has 0 aliphatic carbocycles. The summed E-state index contributed by atoms with van der Waals surface area (Å²) in [5.74, 6) is 0.245. The van der Waals surface area contributed by atoms with Crippen LogP contribution in [0.4, 0.5) is 0 Å². The maximum absolute atomic E-state index is 12.3. The van der Waals surface area contributed by atoms with E-state index in [1.54, 1.807) is 6.20 Å². The predicted octanol–water partition coefficient (Wildman–Crippen LogP) is 3.72. The van der Waals surface area contributed by atoms with Crippen molar-refractivity contribution in [2.45, 2.75) is 25.7 Å². The van der Waals surface area contributed by atoms with Crippen LogP contribution in [0.25, 0.3) is 6.08 Å². The van der Waals surface area contributed by atoms with Crippen molar-refractivity contribution in [1.82, 2.24) is 9.88 Å². The fraction of sp³-hybridized carbons (Fsp3) is 0.300. The third-order valence-electron chi connectivity index (χ3n) is 4.25. The third kappa shape index (κ3) is 4.52. The average molecular weight is 306 g/mol. The Kier molecular flexibility index (Phi) is 5.20. The van der Waals surface area contributed by atoms with E-state index in [2.05, 4.69) is 35.3 Å². The number of likely N-dealkylation sites (tertiary alicyclic amines) is 1. The minimum Gasteiger partial charge on any atom is -0.342 e. The van der Waals surface area contributed by atoms with Gasteiger partial charge in [-0.1, -0.05) is 48.0 Å². The molecule has 0 saturated carbocycles. The summed E-state index contributed by atoms with van der Waals surface area (Å²) in [5, 5.41) is 0. The number of pyridine rings is 1. The molecule has 0 N–H and O–H groups in total. The summed E-state index contributed by atoms with van der Waals surface area (Å²) in [6, 6.07) is 16.2. The normalized spacial score (nSPS) is 14.6. The lowest BCUT2D eigenvalue weighted by Gasteiger charge is -2.28. The first-order valence-electron chi connectivity index (χ1n) is 8.23. The molecule has 3 rings (SSSR count). The molecule has 0 spiro atoms. The number of carbonyl (C=O) groups excluding carboxylic acids is 1. The number of amides is 1. The van der Waals surface area contributed by atoms with Crippen molar-refractivity contribution in [1.29, 1.82) is 0 Å². The maximum atomic E-state index is 12.3. The molecule has 2 heterocycles. The van der Waals surface area contributed by atoms with E-state index >= 15 is 0 Å². The minimum absolute atomic E-state index is 0.245. The lowest BCUT2D eigenvalue weighted by atomic mass is 10.0. The summed E-state index contributed by atoms with van der Waals surface area (Å²) in [7, 11) is 0. The fourth-order valence-corrected chi connectivity index (χ4v) is 2.91. The van der Waals surface area contributed by atoms with Crippen LogP contribution in [0, 0.1) is 0 Å². The first-order chi connectivity index (χ1) is 11.3. The van der Waals surface area contributed by atoms with Crippen LogP contribution < -0.4 is 0 Å². The number of rotatable bonds is 4. The molecular weight excluding hydrogens is 284 g/mol. The van der Waals surface area contributed by atoms with Crippen molar-refractivity contribution < 1.29 is 4.79 Å². The number of hydrogen-bond donors (Lipinski definition) is 0. The fourth-order valence-electron chi connectivity index (χ4n) is 2.91. The number of piperidine rings is 1. The van der Waals surface area contributed by atoms with Crippen LogP contribution in [0.1, 0.15) is 30.5 Å². The zero-order valence-corrected chi connectivity index (χ0v) is 13.3. The Morgan fingerprint density at radius 3 is 2.48 bits per heavy atom. The molecule has 3 nitrogen and oxygen atoms in total. The summed E-state index contributed by atoms with van der Waals surface area (Å²) >= 11 is 0. The molecule has 1 aromatic carbocycles. The number of benzene rings is 1. The predicted molar refractivity (Wildman–Crippen MR) is 92.8 cm³/mol. The van der Waals surface area contributed by atoms with Crippen molar-refractivity contribution in [3.63, 3.8) is 0 Å². The van der Waals surface area contributed by atoms with E-state index in [9.17, 15) is 4.79 Å². The third-order valence-corrected chi connectivity index (χ3v) is 4.25. The van der Waals surface area contributed by atoms with E-state index < -0.39 is 0 Å². The van der Waals surface area contributed by atoms with Gasteiger partial charge in [0, 0.05) is 31.4 Å². The van der Waals surface area contributed by atoms with Crippen LogP contribution in [-0.4, -0.2) is 28.9 Å². The average Bonchev–Trinajstić information content (AvgIpc) is 2.62. The molecule has 3 heteroatoms.